The second-order valence-corrected chi connectivity index (χ2v) is 11.0. The van der Waals surface area contributed by atoms with Gasteiger partial charge in [0.1, 0.15) is 18.1 Å². The number of hydrazone groups is 1. The zero-order valence-corrected chi connectivity index (χ0v) is 26.5. The molecule has 0 saturated carbocycles. The van der Waals surface area contributed by atoms with E-state index in [-0.39, 0.29) is 11.3 Å². The Hall–Kier alpha value is -6.81. The van der Waals surface area contributed by atoms with E-state index in [1.807, 2.05) is 104 Å². The number of aromatic nitrogens is 2. The number of para-hydroxylation sites is 2. The number of carbonyl (C=O) groups excluding carboxylic acids is 3. The fourth-order valence-electron chi connectivity index (χ4n) is 4.88. The Morgan fingerprint density at radius 2 is 1.43 bits per heavy atom. The van der Waals surface area contributed by atoms with Crippen LogP contribution in [0.1, 0.15) is 27.0 Å². The lowest BCUT2D eigenvalue weighted by Crippen LogP contribution is -2.33. The van der Waals surface area contributed by atoms with Crippen LogP contribution in [-0.4, -0.2) is 33.7 Å². The van der Waals surface area contributed by atoms with Crippen LogP contribution >= 0.6 is 0 Å². The third-order valence-corrected chi connectivity index (χ3v) is 7.44. The molecule has 0 unspecified atom stereocenters. The Labute approximate surface area is 283 Å². The molecule has 0 aliphatic rings. The maximum atomic E-state index is 13.0. The number of nitrogens with one attached hydrogen (secondary N) is 3. The fraction of sp³-hybridized carbons (Fsp3) is 0.0513. The predicted octanol–water partition coefficient (Wildman–Crippen LogP) is 6.77. The predicted molar refractivity (Wildman–Crippen MR) is 190 cm³/mol. The van der Waals surface area contributed by atoms with E-state index in [4.69, 9.17) is 9.84 Å². The summed E-state index contributed by atoms with van der Waals surface area (Å²) in [5, 5.41) is 14.1. The number of nitrogens with zero attached hydrogens (tertiary/aromatic N) is 3. The third kappa shape index (κ3) is 8.32. The van der Waals surface area contributed by atoms with Crippen molar-refractivity contribution in [1.82, 2.24) is 15.2 Å². The second-order valence-electron chi connectivity index (χ2n) is 11.0. The van der Waals surface area contributed by atoms with Gasteiger partial charge in [0, 0.05) is 23.0 Å². The summed E-state index contributed by atoms with van der Waals surface area (Å²) in [6, 6.07) is 40.8. The van der Waals surface area contributed by atoms with Crippen LogP contribution in [0.2, 0.25) is 0 Å². The standard InChI is InChI=1S/C39H32N6O4/c1-27-16-20-31(21-17-27)41-37(46)34-14-8-9-15-35(34)42-38(47)39(48)43-40-24-30-25-45(32-12-6-3-7-13-32)44-36(30)29-18-22-33(23-19-29)49-26-28-10-4-2-5-11-28/h2-25H,26H2,1H3,(H,41,46)(H,42,47)(H,43,48)/b40-24-. The SMILES string of the molecule is Cc1ccc(NC(=O)c2ccccc2NC(=O)C(=O)N/N=C\c2cn(-c3ccccc3)nc2-c2ccc(OCc3ccccc3)cc2)cc1. The first kappa shape index (κ1) is 32.1. The van der Waals surface area contributed by atoms with Crippen LogP contribution in [0.4, 0.5) is 11.4 Å². The van der Waals surface area contributed by atoms with Crippen molar-refractivity contribution in [3.63, 3.8) is 0 Å². The lowest BCUT2D eigenvalue weighted by atomic mass is 10.1. The molecule has 0 saturated heterocycles. The number of hydrogen-bond donors (Lipinski definition) is 3. The minimum Gasteiger partial charge on any atom is -0.489 e. The highest BCUT2D eigenvalue weighted by molar-refractivity contribution is 6.40. The monoisotopic (exact) mass is 648 g/mol. The number of benzene rings is 5. The Balaban J connectivity index is 1.14. The molecule has 3 N–H and O–H groups in total. The highest BCUT2D eigenvalue weighted by Crippen LogP contribution is 2.26. The molecular formula is C39H32N6O4. The Bertz CT molecular complexity index is 2090. The minimum absolute atomic E-state index is 0.179. The molecule has 6 rings (SSSR count). The number of carbonyl (C=O) groups is 3. The van der Waals surface area contributed by atoms with Crippen molar-refractivity contribution in [3.05, 3.63) is 162 Å². The number of rotatable bonds is 10. The molecule has 5 aromatic carbocycles. The van der Waals surface area contributed by atoms with Gasteiger partial charge in [0.25, 0.3) is 5.91 Å². The van der Waals surface area contributed by atoms with Gasteiger partial charge in [-0.1, -0.05) is 78.4 Å². The Kier molecular flexibility index (Phi) is 9.96. The maximum absolute atomic E-state index is 13.0. The van der Waals surface area contributed by atoms with Crippen molar-refractivity contribution >= 4 is 35.3 Å². The zero-order chi connectivity index (χ0) is 34.0. The molecule has 0 aliphatic heterocycles. The molecule has 0 spiro atoms. The van der Waals surface area contributed by atoms with E-state index in [1.54, 1.807) is 47.3 Å². The molecule has 242 valence electrons. The van der Waals surface area contributed by atoms with Crippen LogP contribution in [0.3, 0.4) is 0 Å². The van der Waals surface area contributed by atoms with Gasteiger partial charge < -0.3 is 15.4 Å². The van der Waals surface area contributed by atoms with Crippen molar-refractivity contribution in [3.8, 4) is 22.7 Å². The highest BCUT2D eigenvalue weighted by Gasteiger charge is 2.18. The van der Waals surface area contributed by atoms with Gasteiger partial charge in [-0.25, -0.2) is 10.1 Å². The number of amides is 3. The molecule has 6 aromatic rings. The van der Waals surface area contributed by atoms with Crippen LogP contribution in [0.15, 0.2) is 145 Å². The van der Waals surface area contributed by atoms with E-state index in [0.29, 0.717) is 29.3 Å². The van der Waals surface area contributed by atoms with Crippen LogP contribution < -0.4 is 20.8 Å². The number of anilines is 2. The normalized spacial score (nSPS) is 10.8. The van der Waals surface area contributed by atoms with E-state index in [0.717, 1.165) is 22.4 Å². The summed E-state index contributed by atoms with van der Waals surface area (Å²) in [6.07, 6.45) is 3.21. The summed E-state index contributed by atoms with van der Waals surface area (Å²) >= 11 is 0. The van der Waals surface area contributed by atoms with Crippen LogP contribution in [0, 0.1) is 6.92 Å². The van der Waals surface area contributed by atoms with E-state index in [9.17, 15) is 14.4 Å². The molecule has 0 fully saturated rings. The quantitative estimate of drug-likeness (QED) is 0.0859. The molecule has 0 atom stereocenters. The van der Waals surface area contributed by atoms with E-state index < -0.39 is 17.7 Å². The molecule has 3 amide bonds. The minimum atomic E-state index is -1.01. The highest BCUT2D eigenvalue weighted by atomic mass is 16.5. The lowest BCUT2D eigenvalue weighted by Gasteiger charge is -2.11. The van der Waals surface area contributed by atoms with Crippen molar-refractivity contribution < 1.29 is 19.1 Å². The molecule has 0 aliphatic carbocycles. The lowest BCUT2D eigenvalue weighted by molar-refractivity contribution is -0.136. The van der Waals surface area contributed by atoms with Gasteiger partial charge in [-0.2, -0.15) is 10.2 Å². The molecular weight excluding hydrogens is 616 g/mol. The summed E-state index contributed by atoms with van der Waals surface area (Å²) in [7, 11) is 0. The number of hydrogen-bond acceptors (Lipinski definition) is 6. The van der Waals surface area contributed by atoms with Gasteiger partial charge in [-0.3, -0.25) is 14.4 Å². The van der Waals surface area contributed by atoms with Gasteiger partial charge in [0.15, 0.2) is 0 Å². The van der Waals surface area contributed by atoms with Crippen molar-refractivity contribution in [1.29, 1.82) is 0 Å². The molecule has 1 aromatic heterocycles. The summed E-state index contributed by atoms with van der Waals surface area (Å²) in [6.45, 7) is 2.39. The molecule has 49 heavy (non-hydrogen) atoms. The fourth-order valence-corrected chi connectivity index (χ4v) is 4.88. The first-order valence-electron chi connectivity index (χ1n) is 15.5. The van der Waals surface area contributed by atoms with E-state index in [2.05, 4.69) is 21.2 Å². The van der Waals surface area contributed by atoms with E-state index in [1.165, 1.54) is 6.21 Å². The van der Waals surface area contributed by atoms with Crippen LogP contribution in [0.25, 0.3) is 16.9 Å². The molecule has 0 radical (unpaired) electrons. The molecule has 10 nitrogen and oxygen atoms in total. The van der Waals surface area contributed by atoms with Crippen LogP contribution in [-0.2, 0) is 16.2 Å². The molecule has 1 heterocycles. The molecule has 10 heteroatoms. The average molecular weight is 649 g/mol. The Morgan fingerprint density at radius 1 is 0.755 bits per heavy atom. The van der Waals surface area contributed by atoms with Crippen LogP contribution in [0.5, 0.6) is 5.75 Å². The Morgan fingerprint density at radius 3 is 2.16 bits per heavy atom. The van der Waals surface area contributed by atoms with Gasteiger partial charge >= 0.3 is 11.8 Å². The molecule has 0 bridgehead atoms. The summed E-state index contributed by atoms with van der Waals surface area (Å²) in [4.78, 5) is 38.5. The first-order chi connectivity index (χ1) is 23.9. The van der Waals surface area contributed by atoms with Gasteiger partial charge in [0.2, 0.25) is 0 Å². The van der Waals surface area contributed by atoms with Gasteiger partial charge in [-0.05, 0) is 73.2 Å². The summed E-state index contributed by atoms with van der Waals surface area (Å²) in [5.41, 5.74) is 8.21. The third-order valence-electron chi connectivity index (χ3n) is 7.44. The average Bonchev–Trinajstić information content (AvgIpc) is 3.57. The summed E-state index contributed by atoms with van der Waals surface area (Å²) < 4.78 is 7.65. The maximum Gasteiger partial charge on any atom is 0.329 e. The van der Waals surface area contributed by atoms with Crippen molar-refractivity contribution in [2.75, 3.05) is 10.6 Å². The van der Waals surface area contributed by atoms with Crippen molar-refractivity contribution in [2.24, 2.45) is 5.10 Å². The summed E-state index contributed by atoms with van der Waals surface area (Å²) in [5.74, 6) is -1.73. The van der Waals surface area contributed by atoms with E-state index >= 15 is 0 Å². The topological polar surface area (TPSA) is 127 Å². The smallest absolute Gasteiger partial charge is 0.329 e. The largest absolute Gasteiger partial charge is 0.489 e. The number of aryl methyl sites for hydroxylation is 1. The number of ether oxygens (including phenoxy) is 1. The van der Waals surface area contributed by atoms with Crippen molar-refractivity contribution in [2.45, 2.75) is 13.5 Å². The van der Waals surface area contributed by atoms with Gasteiger partial charge in [-0.15, -0.1) is 0 Å². The zero-order valence-electron chi connectivity index (χ0n) is 26.5. The van der Waals surface area contributed by atoms with Gasteiger partial charge in [0.05, 0.1) is 23.2 Å². The first-order valence-corrected chi connectivity index (χ1v) is 15.5. The second kappa shape index (κ2) is 15.2.